The molecule has 0 N–H and O–H groups in total. The van der Waals surface area contributed by atoms with Crippen molar-refractivity contribution in [1.82, 2.24) is 9.47 Å². The molecule has 1 aromatic heterocycles. The number of imide groups is 1. The van der Waals surface area contributed by atoms with Gasteiger partial charge in [0.15, 0.2) is 0 Å². The van der Waals surface area contributed by atoms with Gasteiger partial charge < -0.3 is 4.57 Å². The highest BCUT2D eigenvalue weighted by molar-refractivity contribution is 6.21. The molecule has 0 aliphatic carbocycles. The maximum Gasteiger partial charge on any atom is 0.261 e. The maximum absolute atomic E-state index is 12.7. The van der Waals surface area contributed by atoms with Crippen LogP contribution in [0.3, 0.4) is 0 Å². The van der Waals surface area contributed by atoms with Crippen LogP contribution in [-0.2, 0) is 6.54 Å². The first-order valence-electron chi connectivity index (χ1n) is 8.95. The molecule has 1 aliphatic rings. The summed E-state index contributed by atoms with van der Waals surface area (Å²) in [5.41, 5.74) is 4.66. The molecule has 2 heterocycles. The third-order valence-corrected chi connectivity index (χ3v) is 5.17. The minimum absolute atomic E-state index is 0.122. The van der Waals surface area contributed by atoms with E-state index >= 15 is 0 Å². The summed E-state index contributed by atoms with van der Waals surface area (Å²) in [6.07, 6.45) is 0. The Morgan fingerprint density at radius 3 is 2.04 bits per heavy atom. The van der Waals surface area contributed by atoms with Gasteiger partial charge in [-0.05, 0) is 50.1 Å². The van der Waals surface area contributed by atoms with Crippen LogP contribution in [0.1, 0.15) is 37.4 Å². The molecule has 1 aliphatic heterocycles. The molecule has 0 bridgehead atoms. The number of carbonyl (C=O) groups excluding carboxylic acids is 2. The number of hydrogen-bond acceptors (Lipinski definition) is 3. The number of carbonyl (C=O) groups is 2. The number of aromatic nitrogens is 1. The monoisotopic (exact) mass is 360 g/mol. The average Bonchev–Trinajstić information content (AvgIpc) is 2.87. The van der Waals surface area contributed by atoms with Crippen molar-refractivity contribution in [3.05, 3.63) is 80.6 Å². The SMILES string of the molecule is Cc1cc(C)c2c(c1)c(C)cc(=O)n2CCN1C(=O)c2ccccc2C1=O. The summed E-state index contributed by atoms with van der Waals surface area (Å²) in [4.78, 5) is 39.0. The van der Waals surface area contributed by atoms with E-state index < -0.39 is 0 Å². The Balaban J connectivity index is 1.73. The molecule has 0 atom stereocenters. The zero-order chi connectivity index (χ0) is 19.3. The van der Waals surface area contributed by atoms with Gasteiger partial charge in [0.1, 0.15) is 0 Å². The van der Waals surface area contributed by atoms with Crippen LogP contribution < -0.4 is 5.56 Å². The van der Waals surface area contributed by atoms with Crippen LogP contribution in [-0.4, -0.2) is 27.8 Å². The van der Waals surface area contributed by atoms with Crippen molar-refractivity contribution in [3.8, 4) is 0 Å². The molecule has 0 fully saturated rings. The summed E-state index contributed by atoms with van der Waals surface area (Å²) in [5.74, 6) is -0.597. The van der Waals surface area contributed by atoms with Crippen molar-refractivity contribution in [2.75, 3.05) is 6.54 Å². The van der Waals surface area contributed by atoms with E-state index in [0.717, 1.165) is 27.6 Å². The van der Waals surface area contributed by atoms with Gasteiger partial charge >= 0.3 is 0 Å². The Labute approximate surface area is 156 Å². The first-order valence-corrected chi connectivity index (χ1v) is 8.95. The molecule has 136 valence electrons. The third kappa shape index (κ3) is 2.67. The Morgan fingerprint density at radius 2 is 1.41 bits per heavy atom. The Morgan fingerprint density at radius 1 is 0.778 bits per heavy atom. The summed E-state index contributed by atoms with van der Waals surface area (Å²) in [6.45, 7) is 6.37. The zero-order valence-electron chi connectivity index (χ0n) is 15.6. The minimum atomic E-state index is -0.298. The second-order valence-electron chi connectivity index (χ2n) is 7.10. The molecule has 27 heavy (non-hydrogen) atoms. The fraction of sp³-hybridized carbons (Fsp3) is 0.227. The van der Waals surface area contributed by atoms with Crippen LogP contribution in [0.4, 0.5) is 0 Å². The summed E-state index contributed by atoms with van der Waals surface area (Å²) >= 11 is 0. The lowest BCUT2D eigenvalue weighted by atomic mass is 10.0. The van der Waals surface area contributed by atoms with Crippen molar-refractivity contribution >= 4 is 22.7 Å². The first-order chi connectivity index (χ1) is 12.9. The minimum Gasteiger partial charge on any atom is -0.306 e. The molecule has 0 spiro atoms. The van der Waals surface area contributed by atoms with E-state index in [-0.39, 0.29) is 30.5 Å². The molecule has 0 radical (unpaired) electrons. The Kier molecular flexibility index (Phi) is 3.95. The first kappa shape index (κ1) is 17.2. The van der Waals surface area contributed by atoms with Crippen molar-refractivity contribution in [2.45, 2.75) is 27.3 Å². The Bertz CT molecular complexity index is 1140. The zero-order valence-corrected chi connectivity index (χ0v) is 15.6. The molecule has 2 aromatic carbocycles. The number of pyridine rings is 1. The highest BCUT2D eigenvalue weighted by atomic mass is 16.2. The van der Waals surface area contributed by atoms with E-state index in [9.17, 15) is 14.4 Å². The van der Waals surface area contributed by atoms with Crippen molar-refractivity contribution in [3.63, 3.8) is 0 Å². The van der Waals surface area contributed by atoms with Crippen LogP contribution in [0.5, 0.6) is 0 Å². The second kappa shape index (κ2) is 6.20. The quantitative estimate of drug-likeness (QED) is 0.674. The molecule has 0 saturated carbocycles. The molecule has 5 nitrogen and oxygen atoms in total. The lowest BCUT2D eigenvalue weighted by Gasteiger charge is -2.18. The Hall–Kier alpha value is -3.21. The molecule has 3 aromatic rings. The normalized spacial score (nSPS) is 13.5. The van der Waals surface area contributed by atoms with Gasteiger partial charge in [-0.1, -0.05) is 23.8 Å². The van der Waals surface area contributed by atoms with Gasteiger partial charge in [0.2, 0.25) is 0 Å². The van der Waals surface area contributed by atoms with E-state index in [4.69, 9.17) is 0 Å². The second-order valence-corrected chi connectivity index (χ2v) is 7.10. The van der Waals surface area contributed by atoms with Crippen LogP contribution in [0.25, 0.3) is 10.9 Å². The number of nitrogens with zero attached hydrogens (tertiary/aromatic N) is 2. The molecule has 0 unspecified atom stereocenters. The fourth-order valence-corrected chi connectivity index (χ4v) is 3.93. The predicted molar refractivity (Wildman–Crippen MR) is 104 cm³/mol. The van der Waals surface area contributed by atoms with E-state index in [1.807, 2.05) is 26.8 Å². The smallest absolute Gasteiger partial charge is 0.261 e. The molecule has 2 amide bonds. The van der Waals surface area contributed by atoms with Gasteiger partial charge in [0.05, 0.1) is 16.6 Å². The number of aryl methyl sites for hydroxylation is 3. The van der Waals surface area contributed by atoms with Gasteiger partial charge in [-0.25, -0.2) is 0 Å². The van der Waals surface area contributed by atoms with Crippen LogP contribution in [0.2, 0.25) is 0 Å². The van der Waals surface area contributed by atoms with E-state index in [2.05, 4.69) is 6.07 Å². The molecular formula is C22H20N2O3. The number of amides is 2. The number of hydrogen-bond donors (Lipinski definition) is 0. The highest BCUT2D eigenvalue weighted by Gasteiger charge is 2.34. The molecule has 0 saturated heterocycles. The van der Waals surface area contributed by atoms with E-state index in [0.29, 0.717) is 11.1 Å². The van der Waals surface area contributed by atoms with Gasteiger partial charge in [-0.2, -0.15) is 0 Å². The van der Waals surface area contributed by atoms with Crippen molar-refractivity contribution in [2.24, 2.45) is 0 Å². The van der Waals surface area contributed by atoms with Gasteiger partial charge in [-0.3, -0.25) is 19.3 Å². The van der Waals surface area contributed by atoms with Gasteiger partial charge in [0.25, 0.3) is 17.4 Å². The van der Waals surface area contributed by atoms with Crippen molar-refractivity contribution in [1.29, 1.82) is 0 Å². The lowest BCUT2D eigenvalue weighted by molar-refractivity contribution is 0.0649. The molecular weight excluding hydrogens is 340 g/mol. The van der Waals surface area contributed by atoms with Crippen LogP contribution >= 0.6 is 0 Å². The maximum atomic E-state index is 12.7. The van der Waals surface area contributed by atoms with Crippen molar-refractivity contribution < 1.29 is 9.59 Å². The summed E-state index contributed by atoms with van der Waals surface area (Å²) in [6, 6.07) is 12.5. The number of rotatable bonds is 3. The highest BCUT2D eigenvalue weighted by Crippen LogP contribution is 2.24. The predicted octanol–water partition coefficient (Wildman–Crippen LogP) is 3.22. The standard InChI is InChI=1S/C22H20N2O3/c1-13-10-15(3)20-18(11-13)14(2)12-19(25)23(20)8-9-24-21(26)16-6-4-5-7-17(16)22(24)27/h4-7,10-12H,8-9H2,1-3H3. The number of benzene rings is 2. The largest absolute Gasteiger partial charge is 0.306 e. The van der Waals surface area contributed by atoms with E-state index in [1.54, 1.807) is 34.9 Å². The average molecular weight is 360 g/mol. The number of fused-ring (bicyclic) bond motifs is 2. The lowest BCUT2D eigenvalue weighted by Crippen LogP contribution is -2.35. The van der Waals surface area contributed by atoms with Gasteiger partial charge in [-0.15, -0.1) is 0 Å². The fourth-order valence-electron chi connectivity index (χ4n) is 3.93. The molecule has 4 rings (SSSR count). The van der Waals surface area contributed by atoms with Gasteiger partial charge in [0, 0.05) is 24.5 Å². The molecule has 5 heteroatoms. The summed E-state index contributed by atoms with van der Waals surface area (Å²) in [5, 5.41) is 1.02. The topological polar surface area (TPSA) is 59.4 Å². The summed E-state index contributed by atoms with van der Waals surface area (Å²) < 4.78 is 1.67. The third-order valence-electron chi connectivity index (χ3n) is 5.17. The van der Waals surface area contributed by atoms with E-state index in [1.165, 1.54) is 4.90 Å². The summed E-state index contributed by atoms with van der Waals surface area (Å²) in [7, 11) is 0. The van der Waals surface area contributed by atoms with Crippen LogP contribution in [0.15, 0.2) is 47.3 Å². The van der Waals surface area contributed by atoms with Crippen LogP contribution in [0, 0.1) is 20.8 Å².